The van der Waals surface area contributed by atoms with Crippen molar-refractivity contribution in [2.24, 2.45) is 0 Å². The number of rotatable bonds is 6. The van der Waals surface area contributed by atoms with Crippen LogP contribution in [0.5, 0.6) is 0 Å². The molecule has 3 unspecified atom stereocenters. The largest absolute Gasteiger partial charge is 0.335 e. The molecule has 2 amide bonds. The van der Waals surface area contributed by atoms with Gasteiger partial charge in [-0.1, -0.05) is 53.4 Å². The van der Waals surface area contributed by atoms with Gasteiger partial charge in [0.25, 0.3) is 0 Å². The normalized spacial score (nSPS) is 25.0. The van der Waals surface area contributed by atoms with E-state index in [2.05, 4.69) is 4.90 Å². The standard InChI is InChI=1S/C28H33Cl3N4O4S/c1-18(2)33-17-26-34(40(38,39)25-11-10-21(30)15-22(25)31)16-24(32-12-4-3-5-13-32)28(37)35(26)23(27(33)36)14-19-6-8-20(29)9-7-19/h6-11,15,18,23-24,26H,3-5,12-14,16-17H2,1-2H3. The topological polar surface area (TPSA) is 81.2 Å². The van der Waals surface area contributed by atoms with Gasteiger partial charge in [0.05, 0.1) is 11.6 Å². The van der Waals surface area contributed by atoms with Crippen LogP contribution in [0.3, 0.4) is 0 Å². The molecule has 0 bridgehead atoms. The van der Waals surface area contributed by atoms with E-state index in [1.165, 1.54) is 27.4 Å². The first-order valence-electron chi connectivity index (χ1n) is 13.6. The van der Waals surface area contributed by atoms with Crippen LogP contribution in [0.2, 0.25) is 15.1 Å². The van der Waals surface area contributed by atoms with Gasteiger partial charge in [0, 0.05) is 29.1 Å². The molecule has 0 aromatic heterocycles. The van der Waals surface area contributed by atoms with E-state index in [1.807, 2.05) is 26.0 Å². The van der Waals surface area contributed by atoms with Crippen molar-refractivity contribution in [3.63, 3.8) is 0 Å². The number of carbonyl (C=O) groups excluding carboxylic acids is 2. The number of carbonyl (C=O) groups is 2. The summed E-state index contributed by atoms with van der Waals surface area (Å²) in [6, 6.07) is 9.67. The Morgan fingerprint density at radius 2 is 1.52 bits per heavy atom. The van der Waals surface area contributed by atoms with Crippen molar-refractivity contribution in [3.8, 4) is 0 Å². The summed E-state index contributed by atoms with van der Waals surface area (Å²) in [7, 11) is -4.18. The van der Waals surface area contributed by atoms with Crippen LogP contribution < -0.4 is 0 Å². The summed E-state index contributed by atoms with van der Waals surface area (Å²) in [6.45, 7) is 5.22. The van der Waals surface area contributed by atoms with Crippen molar-refractivity contribution in [3.05, 3.63) is 63.1 Å². The quantitative estimate of drug-likeness (QED) is 0.471. The minimum Gasteiger partial charge on any atom is -0.335 e. The first-order chi connectivity index (χ1) is 19.0. The summed E-state index contributed by atoms with van der Waals surface area (Å²) in [4.78, 5) is 33.4. The zero-order valence-electron chi connectivity index (χ0n) is 22.5. The van der Waals surface area contributed by atoms with E-state index in [0.717, 1.165) is 24.8 Å². The predicted octanol–water partition coefficient (Wildman–Crippen LogP) is 4.52. The van der Waals surface area contributed by atoms with Crippen LogP contribution >= 0.6 is 34.8 Å². The number of fused-ring (bicyclic) bond motifs is 1. The Kier molecular flexibility index (Phi) is 8.72. The summed E-state index contributed by atoms with van der Waals surface area (Å²) in [5.41, 5.74) is 0.829. The molecular formula is C28H33Cl3N4O4S. The number of hydrogen-bond acceptors (Lipinski definition) is 5. The van der Waals surface area contributed by atoms with Crippen molar-refractivity contribution in [1.82, 2.24) is 19.0 Å². The lowest BCUT2D eigenvalue weighted by Gasteiger charge is -2.55. The predicted molar refractivity (Wildman–Crippen MR) is 156 cm³/mol. The fourth-order valence-corrected chi connectivity index (χ4v) is 8.46. The fourth-order valence-electron chi connectivity index (χ4n) is 6.01. The van der Waals surface area contributed by atoms with E-state index >= 15 is 0 Å². The van der Waals surface area contributed by atoms with Crippen molar-refractivity contribution in [2.75, 3.05) is 26.2 Å². The molecule has 0 spiro atoms. The Bertz CT molecular complexity index is 1380. The molecule has 8 nitrogen and oxygen atoms in total. The number of halogens is 3. The number of likely N-dealkylation sites (tertiary alicyclic amines) is 1. The molecule has 3 heterocycles. The minimum atomic E-state index is -4.18. The Hall–Kier alpha value is -1.88. The molecule has 2 aromatic rings. The molecule has 3 atom stereocenters. The highest BCUT2D eigenvalue weighted by atomic mass is 35.5. The third-order valence-corrected chi connectivity index (χ3v) is 10.9. The number of sulfonamides is 1. The van der Waals surface area contributed by atoms with Crippen LogP contribution in [0.1, 0.15) is 38.7 Å². The molecule has 40 heavy (non-hydrogen) atoms. The van der Waals surface area contributed by atoms with Gasteiger partial charge < -0.3 is 9.80 Å². The number of piperidine rings is 1. The van der Waals surface area contributed by atoms with Gasteiger partial charge in [-0.3, -0.25) is 14.5 Å². The molecule has 2 aromatic carbocycles. The maximum Gasteiger partial charge on any atom is 0.246 e. The molecule has 216 valence electrons. The number of piperazine rings is 1. The molecule has 3 fully saturated rings. The molecule has 0 saturated carbocycles. The van der Waals surface area contributed by atoms with Gasteiger partial charge in [-0.15, -0.1) is 0 Å². The van der Waals surface area contributed by atoms with Crippen LogP contribution in [-0.4, -0.2) is 89.7 Å². The van der Waals surface area contributed by atoms with Gasteiger partial charge in [-0.25, -0.2) is 8.42 Å². The molecule has 0 aliphatic carbocycles. The van der Waals surface area contributed by atoms with Gasteiger partial charge in [-0.05, 0) is 75.7 Å². The second-order valence-electron chi connectivity index (χ2n) is 10.9. The second kappa shape index (κ2) is 11.8. The van der Waals surface area contributed by atoms with E-state index in [9.17, 15) is 18.0 Å². The number of nitrogens with zero attached hydrogens (tertiary/aromatic N) is 4. The second-order valence-corrected chi connectivity index (χ2v) is 14.1. The summed E-state index contributed by atoms with van der Waals surface area (Å²) in [6.07, 6.45) is 2.27. The van der Waals surface area contributed by atoms with Crippen LogP contribution in [0.4, 0.5) is 0 Å². The fraction of sp³-hybridized carbons (Fsp3) is 0.500. The zero-order valence-corrected chi connectivity index (χ0v) is 25.6. The third kappa shape index (κ3) is 5.61. The van der Waals surface area contributed by atoms with Gasteiger partial charge >= 0.3 is 0 Å². The van der Waals surface area contributed by atoms with Crippen molar-refractivity contribution < 1.29 is 18.0 Å². The van der Waals surface area contributed by atoms with E-state index in [1.54, 1.807) is 17.0 Å². The Morgan fingerprint density at radius 1 is 0.875 bits per heavy atom. The molecule has 0 radical (unpaired) electrons. The highest BCUT2D eigenvalue weighted by Crippen LogP contribution is 2.36. The van der Waals surface area contributed by atoms with E-state index in [-0.39, 0.29) is 47.3 Å². The highest BCUT2D eigenvalue weighted by Gasteiger charge is 2.55. The molecule has 3 aliphatic heterocycles. The summed E-state index contributed by atoms with van der Waals surface area (Å²) < 4.78 is 30.0. The van der Waals surface area contributed by atoms with Crippen LogP contribution in [0, 0.1) is 0 Å². The maximum atomic E-state index is 14.3. The molecule has 0 N–H and O–H groups in total. The average molecular weight is 628 g/mol. The Balaban J connectivity index is 1.62. The zero-order chi connectivity index (χ0) is 28.8. The molecule has 5 rings (SSSR count). The molecular weight excluding hydrogens is 595 g/mol. The van der Waals surface area contributed by atoms with E-state index in [4.69, 9.17) is 34.8 Å². The first kappa shape index (κ1) is 29.6. The first-order valence-corrected chi connectivity index (χ1v) is 16.1. The average Bonchev–Trinajstić information content (AvgIpc) is 2.91. The SMILES string of the molecule is CC(C)N1CC2N(C(=O)C(N3CCCCC3)CN2S(=O)(=O)c2ccc(Cl)cc2Cl)C(Cc2ccc(Cl)cc2)C1=O. The Labute approximate surface area is 250 Å². The third-order valence-electron chi connectivity index (χ3n) is 8.09. The lowest BCUT2D eigenvalue weighted by atomic mass is 9.95. The Morgan fingerprint density at radius 3 is 2.15 bits per heavy atom. The van der Waals surface area contributed by atoms with Crippen LogP contribution in [-0.2, 0) is 26.0 Å². The number of amides is 2. The van der Waals surface area contributed by atoms with Gasteiger partial charge in [0.1, 0.15) is 23.1 Å². The molecule has 3 saturated heterocycles. The van der Waals surface area contributed by atoms with Gasteiger partial charge in [-0.2, -0.15) is 4.31 Å². The summed E-state index contributed by atoms with van der Waals surface area (Å²) in [5.74, 6) is -0.410. The lowest BCUT2D eigenvalue weighted by molar-refractivity contribution is -0.172. The molecule has 3 aliphatic rings. The highest BCUT2D eigenvalue weighted by molar-refractivity contribution is 7.89. The smallest absolute Gasteiger partial charge is 0.246 e. The van der Waals surface area contributed by atoms with Gasteiger partial charge in [0.2, 0.25) is 21.8 Å². The summed E-state index contributed by atoms with van der Waals surface area (Å²) >= 11 is 18.6. The van der Waals surface area contributed by atoms with Crippen molar-refractivity contribution in [1.29, 1.82) is 0 Å². The van der Waals surface area contributed by atoms with Gasteiger partial charge in [0.15, 0.2) is 0 Å². The van der Waals surface area contributed by atoms with Crippen LogP contribution in [0.15, 0.2) is 47.4 Å². The maximum absolute atomic E-state index is 14.3. The van der Waals surface area contributed by atoms with Crippen molar-refractivity contribution >= 4 is 56.6 Å². The van der Waals surface area contributed by atoms with E-state index in [0.29, 0.717) is 23.1 Å². The minimum absolute atomic E-state index is 0.00999. The number of hydrogen-bond donors (Lipinski definition) is 0. The monoisotopic (exact) mass is 626 g/mol. The van der Waals surface area contributed by atoms with Crippen LogP contribution in [0.25, 0.3) is 0 Å². The summed E-state index contributed by atoms with van der Waals surface area (Å²) in [5, 5.41) is 0.899. The molecule has 12 heteroatoms. The van der Waals surface area contributed by atoms with E-state index < -0.39 is 28.3 Å². The lowest BCUT2D eigenvalue weighted by Crippen LogP contribution is -2.76. The van der Waals surface area contributed by atoms with Crippen molar-refractivity contribution in [2.45, 2.75) is 68.7 Å². The number of benzene rings is 2.